The van der Waals surface area contributed by atoms with Crippen molar-refractivity contribution in [3.05, 3.63) is 99.7 Å². The van der Waals surface area contributed by atoms with E-state index in [1.165, 1.54) is 24.1 Å². The number of carbonyl (C=O) groups excluding carboxylic acids is 2. The van der Waals surface area contributed by atoms with Crippen LogP contribution in [0.5, 0.6) is 11.5 Å². The summed E-state index contributed by atoms with van der Waals surface area (Å²) in [4.78, 5) is 31.2. The number of Topliss-reactive ketones (excluding diaryl/α,β-unsaturated/α-hetero) is 1. The molecule has 0 bridgehead atoms. The topological polar surface area (TPSA) is 103 Å². The van der Waals surface area contributed by atoms with E-state index in [1.54, 1.807) is 30.3 Å². The van der Waals surface area contributed by atoms with E-state index >= 15 is 0 Å². The first-order valence-corrected chi connectivity index (χ1v) is 12.1. The Morgan fingerprint density at radius 2 is 1.89 bits per heavy atom. The molecular weight excluding hydrogens is 524 g/mol. The van der Waals surface area contributed by atoms with Crippen LogP contribution in [0.15, 0.2) is 83.0 Å². The van der Waals surface area contributed by atoms with Crippen LogP contribution in [-0.2, 0) is 16.0 Å². The Bertz CT molecular complexity index is 1520. The first-order chi connectivity index (χ1) is 17.4. The van der Waals surface area contributed by atoms with Gasteiger partial charge < -0.3 is 24.8 Å². The smallest absolute Gasteiger partial charge is 0.295 e. The van der Waals surface area contributed by atoms with Crippen LogP contribution in [0.2, 0.25) is 0 Å². The van der Waals surface area contributed by atoms with E-state index in [0.717, 1.165) is 16.5 Å². The predicted octanol–water partition coefficient (Wildman–Crippen LogP) is 5.31. The van der Waals surface area contributed by atoms with Gasteiger partial charge in [-0.15, -0.1) is 0 Å². The van der Waals surface area contributed by atoms with Gasteiger partial charge in [0.15, 0.2) is 0 Å². The standard InChI is InChI=1S/C28H23BrN2O5/c1-36-23-10-9-17(14-21(23)29)26(33)24-25(16-5-4-6-19(32)13-16)31(28(35)27(24)34)12-11-18-15-30-22-8-3-2-7-20(18)22/h2-10,13-15,25,30,32-33H,11-12H2,1H3/b26-24+. The number of ketones is 1. The van der Waals surface area contributed by atoms with Crippen LogP contribution >= 0.6 is 15.9 Å². The minimum atomic E-state index is -0.858. The summed E-state index contributed by atoms with van der Waals surface area (Å²) < 4.78 is 5.85. The Balaban J connectivity index is 1.58. The van der Waals surface area contributed by atoms with Crippen LogP contribution in [0, 0.1) is 0 Å². The highest BCUT2D eigenvalue weighted by Crippen LogP contribution is 2.41. The van der Waals surface area contributed by atoms with Gasteiger partial charge in [0.25, 0.3) is 11.7 Å². The van der Waals surface area contributed by atoms with Crippen molar-refractivity contribution in [2.24, 2.45) is 0 Å². The number of likely N-dealkylation sites (tertiary alicyclic amines) is 1. The fourth-order valence-electron chi connectivity index (χ4n) is 4.70. The molecule has 1 aliphatic rings. The molecule has 1 aliphatic heterocycles. The molecule has 5 rings (SSSR count). The molecule has 1 saturated heterocycles. The number of halogens is 1. The number of aliphatic hydroxyl groups excluding tert-OH is 1. The molecule has 1 amide bonds. The van der Waals surface area contributed by atoms with E-state index in [9.17, 15) is 19.8 Å². The molecule has 1 unspecified atom stereocenters. The number of phenolic OH excluding ortho intramolecular Hbond substituents is 1. The summed E-state index contributed by atoms with van der Waals surface area (Å²) in [5, 5.41) is 22.4. The number of nitrogens with zero attached hydrogens (tertiary/aromatic N) is 1. The molecule has 0 saturated carbocycles. The van der Waals surface area contributed by atoms with Crippen molar-refractivity contribution in [2.45, 2.75) is 12.5 Å². The highest BCUT2D eigenvalue weighted by molar-refractivity contribution is 9.10. The number of hydrogen-bond acceptors (Lipinski definition) is 5. The van der Waals surface area contributed by atoms with Crippen molar-refractivity contribution in [1.82, 2.24) is 9.88 Å². The summed E-state index contributed by atoms with van der Waals surface area (Å²) in [7, 11) is 1.53. The lowest BCUT2D eigenvalue weighted by atomic mass is 9.95. The van der Waals surface area contributed by atoms with Crippen molar-refractivity contribution < 1.29 is 24.5 Å². The molecule has 1 fully saturated rings. The molecule has 0 radical (unpaired) electrons. The molecule has 7 nitrogen and oxygen atoms in total. The Morgan fingerprint density at radius 1 is 1.08 bits per heavy atom. The van der Waals surface area contributed by atoms with Gasteiger partial charge >= 0.3 is 0 Å². The summed E-state index contributed by atoms with van der Waals surface area (Å²) in [6.45, 7) is 0.246. The largest absolute Gasteiger partial charge is 0.508 e. The fourth-order valence-corrected chi connectivity index (χ4v) is 5.24. The number of carbonyl (C=O) groups is 2. The maximum atomic E-state index is 13.3. The normalized spacial score (nSPS) is 17.2. The molecule has 182 valence electrons. The SMILES string of the molecule is COc1ccc(/C(O)=C2\C(=O)C(=O)N(CCc3c[nH]c4ccccc34)C2c2cccc(O)c2)cc1Br. The number of aromatic nitrogens is 1. The number of nitrogens with one attached hydrogen (secondary N) is 1. The Kier molecular flexibility index (Phi) is 6.28. The molecule has 36 heavy (non-hydrogen) atoms. The number of ether oxygens (including phenoxy) is 1. The number of rotatable bonds is 6. The van der Waals surface area contributed by atoms with Gasteiger partial charge in [-0.05, 0) is 69.9 Å². The lowest BCUT2D eigenvalue weighted by Gasteiger charge is -2.25. The van der Waals surface area contributed by atoms with Crippen molar-refractivity contribution >= 4 is 44.3 Å². The van der Waals surface area contributed by atoms with Crippen LogP contribution in [0.25, 0.3) is 16.7 Å². The number of H-pyrrole nitrogens is 1. The lowest BCUT2D eigenvalue weighted by molar-refractivity contribution is -0.139. The van der Waals surface area contributed by atoms with Crippen LogP contribution in [0.3, 0.4) is 0 Å². The maximum Gasteiger partial charge on any atom is 0.295 e. The number of aromatic amines is 1. The summed E-state index contributed by atoms with van der Waals surface area (Å²) in [5.41, 5.74) is 2.87. The van der Waals surface area contributed by atoms with Gasteiger partial charge in [-0.1, -0.05) is 30.3 Å². The minimum absolute atomic E-state index is 0.00177. The van der Waals surface area contributed by atoms with Crippen molar-refractivity contribution in [3.63, 3.8) is 0 Å². The van der Waals surface area contributed by atoms with Crippen LogP contribution in [0.1, 0.15) is 22.7 Å². The number of aliphatic hydroxyl groups is 1. The van der Waals surface area contributed by atoms with Gasteiger partial charge in [0.1, 0.15) is 17.3 Å². The molecule has 1 aromatic heterocycles. The second-order valence-corrected chi connectivity index (χ2v) is 9.40. The predicted molar refractivity (Wildman–Crippen MR) is 140 cm³/mol. The maximum absolute atomic E-state index is 13.3. The molecule has 3 aromatic carbocycles. The molecule has 0 spiro atoms. The van der Waals surface area contributed by atoms with Crippen LogP contribution in [0.4, 0.5) is 0 Å². The number of fused-ring (bicyclic) bond motifs is 1. The molecule has 0 aliphatic carbocycles. The second-order valence-electron chi connectivity index (χ2n) is 8.55. The average Bonchev–Trinajstić information content (AvgIpc) is 3.40. The van der Waals surface area contributed by atoms with Crippen molar-refractivity contribution in [2.75, 3.05) is 13.7 Å². The van der Waals surface area contributed by atoms with Crippen molar-refractivity contribution in [3.8, 4) is 11.5 Å². The zero-order chi connectivity index (χ0) is 25.4. The number of para-hydroxylation sites is 1. The zero-order valence-corrected chi connectivity index (χ0v) is 21.0. The quantitative estimate of drug-likeness (QED) is 0.173. The third-order valence-corrected chi connectivity index (χ3v) is 7.07. The van der Waals surface area contributed by atoms with E-state index in [-0.39, 0.29) is 23.6 Å². The van der Waals surface area contributed by atoms with Crippen LogP contribution in [-0.4, -0.2) is 45.4 Å². The van der Waals surface area contributed by atoms with Crippen molar-refractivity contribution in [1.29, 1.82) is 0 Å². The molecule has 3 N–H and O–H groups in total. The first-order valence-electron chi connectivity index (χ1n) is 11.3. The highest BCUT2D eigenvalue weighted by atomic mass is 79.9. The zero-order valence-electron chi connectivity index (χ0n) is 19.4. The Hall–Kier alpha value is -4.04. The fraction of sp³-hybridized carbons (Fsp3) is 0.143. The van der Waals surface area contributed by atoms with E-state index < -0.39 is 17.7 Å². The molecule has 8 heteroatoms. The number of amides is 1. The number of hydrogen-bond donors (Lipinski definition) is 3. The van der Waals surface area contributed by atoms with E-state index in [2.05, 4.69) is 20.9 Å². The van der Waals surface area contributed by atoms with Gasteiger partial charge in [-0.2, -0.15) is 0 Å². The molecule has 4 aromatic rings. The van der Waals surface area contributed by atoms with Gasteiger partial charge in [-0.3, -0.25) is 9.59 Å². The lowest BCUT2D eigenvalue weighted by Crippen LogP contribution is -2.31. The number of phenols is 1. The molecule has 1 atom stereocenters. The van der Waals surface area contributed by atoms with E-state index in [0.29, 0.717) is 27.8 Å². The monoisotopic (exact) mass is 546 g/mol. The minimum Gasteiger partial charge on any atom is -0.508 e. The van der Waals surface area contributed by atoms with Gasteiger partial charge in [-0.25, -0.2) is 0 Å². The average molecular weight is 547 g/mol. The third kappa shape index (κ3) is 4.13. The number of methoxy groups -OCH3 is 1. The van der Waals surface area contributed by atoms with E-state index in [4.69, 9.17) is 4.74 Å². The Labute approximate surface area is 215 Å². The molecular formula is C28H23BrN2O5. The summed E-state index contributed by atoms with van der Waals surface area (Å²) in [6, 6.07) is 18.3. The summed E-state index contributed by atoms with van der Waals surface area (Å²) in [6.07, 6.45) is 2.40. The van der Waals surface area contributed by atoms with Gasteiger partial charge in [0.05, 0.1) is 23.2 Å². The second kappa shape index (κ2) is 9.54. The van der Waals surface area contributed by atoms with E-state index in [1.807, 2.05) is 30.5 Å². The first kappa shape index (κ1) is 23.7. The third-order valence-electron chi connectivity index (χ3n) is 6.45. The van der Waals surface area contributed by atoms with Crippen LogP contribution < -0.4 is 4.74 Å². The number of benzene rings is 3. The summed E-state index contributed by atoms with van der Waals surface area (Å²) >= 11 is 3.40. The Morgan fingerprint density at radius 3 is 2.64 bits per heavy atom. The molecule has 2 heterocycles. The van der Waals surface area contributed by atoms with Gasteiger partial charge in [0, 0.05) is 29.2 Å². The number of aromatic hydroxyl groups is 1. The highest BCUT2D eigenvalue weighted by Gasteiger charge is 2.46. The van der Waals surface area contributed by atoms with Gasteiger partial charge in [0.2, 0.25) is 0 Å². The summed E-state index contributed by atoms with van der Waals surface area (Å²) in [5.74, 6) is -1.19.